The highest BCUT2D eigenvalue weighted by Crippen LogP contribution is 2.42. The SMILES string of the molecule is CCOC(=O)C1CNC(=O)CC12CCNCC2. The van der Waals surface area contributed by atoms with Crippen molar-refractivity contribution in [1.82, 2.24) is 10.6 Å². The molecule has 2 aliphatic rings. The lowest BCUT2D eigenvalue weighted by molar-refractivity contribution is -0.157. The summed E-state index contributed by atoms with van der Waals surface area (Å²) < 4.78 is 5.13. The summed E-state index contributed by atoms with van der Waals surface area (Å²) in [4.78, 5) is 23.6. The van der Waals surface area contributed by atoms with Crippen LogP contribution in [-0.2, 0) is 14.3 Å². The van der Waals surface area contributed by atoms with Crippen molar-refractivity contribution in [3.05, 3.63) is 0 Å². The highest BCUT2D eigenvalue weighted by Gasteiger charge is 2.48. The van der Waals surface area contributed by atoms with Gasteiger partial charge in [-0.05, 0) is 38.3 Å². The van der Waals surface area contributed by atoms with Gasteiger partial charge in [0.25, 0.3) is 0 Å². The Kier molecular flexibility index (Phi) is 3.66. The number of hydrogen-bond acceptors (Lipinski definition) is 4. The average molecular weight is 240 g/mol. The molecule has 2 fully saturated rings. The molecule has 1 amide bonds. The number of nitrogens with one attached hydrogen (secondary N) is 2. The summed E-state index contributed by atoms with van der Waals surface area (Å²) >= 11 is 0. The fourth-order valence-electron chi connectivity index (χ4n) is 2.96. The summed E-state index contributed by atoms with van der Waals surface area (Å²) in [7, 11) is 0. The number of hydrogen-bond donors (Lipinski definition) is 2. The van der Waals surface area contributed by atoms with Crippen molar-refractivity contribution < 1.29 is 14.3 Å². The number of piperidine rings is 2. The fourth-order valence-corrected chi connectivity index (χ4v) is 2.96. The van der Waals surface area contributed by atoms with Crippen LogP contribution in [0.4, 0.5) is 0 Å². The van der Waals surface area contributed by atoms with Gasteiger partial charge in [-0.2, -0.15) is 0 Å². The Morgan fingerprint density at radius 2 is 2.18 bits per heavy atom. The zero-order valence-corrected chi connectivity index (χ0v) is 10.3. The minimum atomic E-state index is -0.181. The van der Waals surface area contributed by atoms with E-state index in [0.717, 1.165) is 25.9 Å². The number of carbonyl (C=O) groups is 2. The van der Waals surface area contributed by atoms with Gasteiger partial charge >= 0.3 is 5.97 Å². The second-order valence-corrected chi connectivity index (χ2v) is 4.90. The third-order valence-corrected chi connectivity index (χ3v) is 3.93. The molecule has 0 bridgehead atoms. The number of esters is 1. The van der Waals surface area contributed by atoms with Crippen molar-refractivity contribution in [3.63, 3.8) is 0 Å². The zero-order chi connectivity index (χ0) is 12.3. The Labute approximate surface area is 101 Å². The molecule has 0 aromatic carbocycles. The molecule has 96 valence electrons. The molecule has 2 aliphatic heterocycles. The first kappa shape index (κ1) is 12.4. The first-order chi connectivity index (χ1) is 8.18. The van der Waals surface area contributed by atoms with Crippen molar-refractivity contribution in [2.75, 3.05) is 26.2 Å². The molecule has 2 heterocycles. The summed E-state index contributed by atoms with van der Waals surface area (Å²) in [5.41, 5.74) is -0.181. The van der Waals surface area contributed by atoms with Gasteiger partial charge in [-0.1, -0.05) is 0 Å². The first-order valence-electron chi connectivity index (χ1n) is 6.32. The van der Waals surface area contributed by atoms with Crippen LogP contribution in [0.2, 0.25) is 0 Å². The van der Waals surface area contributed by atoms with Gasteiger partial charge in [0.1, 0.15) is 0 Å². The third-order valence-electron chi connectivity index (χ3n) is 3.93. The molecule has 0 radical (unpaired) electrons. The molecule has 2 saturated heterocycles. The van der Waals surface area contributed by atoms with E-state index in [1.54, 1.807) is 0 Å². The molecular formula is C12H20N2O3. The summed E-state index contributed by atoms with van der Waals surface area (Å²) in [6.07, 6.45) is 2.21. The van der Waals surface area contributed by atoms with Crippen molar-refractivity contribution in [2.24, 2.45) is 11.3 Å². The van der Waals surface area contributed by atoms with E-state index in [2.05, 4.69) is 10.6 Å². The van der Waals surface area contributed by atoms with Crippen molar-refractivity contribution in [3.8, 4) is 0 Å². The van der Waals surface area contributed by atoms with Crippen LogP contribution in [0.5, 0.6) is 0 Å². The molecule has 0 aromatic heterocycles. The monoisotopic (exact) mass is 240 g/mol. The van der Waals surface area contributed by atoms with Crippen LogP contribution in [0.25, 0.3) is 0 Å². The van der Waals surface area contributed by atoms with E-state index >= 15 is 0 Å². The summed E-state index contributed by atoms with van der Waals surface area (Å²) in [5, 5.41) is 6.06. The molecule has 2 rings (SSSR count). The highest BCUT2D eigenvalue weighted by atomic mass is 16.5. The minimum Gasteiger partial charge on any atom is -0.466 e. The lowest BCUT2D eigenvalue weighted by atomic mass is 9.65. The molecule has 5 nitrogen and oxygen atoms in total. The lowest BCUT2D eigenvalue weighted by Crippen LogP contribution is -2.55. The maximum absolute atomic E-state index is 12.0. The fraction of sp³-hybridized carbons (Fsp3) is 0.833. The maximum Gasteiger partial charge on any atom is 0.311 e. The topological polar surface area (TPSA) is 67.4 Å². The molecule has 1 atom stereocenters. The van der Waals surface area contributed by atoms with Crippen molar-refractivity contribution in [1.29, 1.82) is 0 Å². The van der Waals surface area contributed by atoms with Crippen LogP contribution < -0.4 is 10.6 Å². The molecule has 0 aromatic rings. The second kappa shape index (κ2) is 5.04. The van der Waals surface area contributed by atoms with E-state index in [1.165, 1.54) is 0 Å². The molecule has 0 aliphatic carbocycles. The number of amides is 1. The summed E-state index contributed by atoms with van der Waals surface area (Å²) in [6, 6.07) is 0. The summed E-state index contributed by atoms with van der Waals surface area (Å²) in [6.45, 7) is 4.40. The molecule has 17 heavy (non-hydrogen) atoms. The standard InChI is InChI=1S/C12H20N2O3/c1-2-17-11(16)9-8-14-10(15)7-12(9)3-5-13-6-4-12/h9,13H,2-8H2,1H3,(H,14,15). The van der Waals surface area contributed by atoms with E-state index in [9.17, 15) is 9.59 Å². The Morgan fingerprint density at radius 3 is 2.82 bits per heavy atom. The largest absolute Gasteiger partial charge is 0.466 e. The van der Waals surface area contributed by atoms with Crippen LogP contribution in [0, 0.1) is 11.3 Å². The predicted molar refractivity (Wildman–Crippen MR) is 62.3 cm³/mol. The predicted octanol–water partition coefficient (Wildman–Crippen LogP) is 0.0554. The van der Waals surface area contributed by atoms with Crippen LogP contribution in [0.3, 0.4) is 0 Å². The van der Waals surface area contributed by atoms with Crippen molar-refractivity contribution in [2.45, 2.75) is 26.2 Å². The van der Waals surface area contributed by atoms with Gasteiger partial charge in [0, 0.05) is 13.0 Å². The Balaban J connectivity index is 2.15. The highest BCUT2D eigenvalue weighted by molar-refractivity contribution is 5.82. The number of rotatable bonds is 2. The van der Waals surface area contributed by atoms with Gasteiger partial charge < -0.3 is 15.4 Å². The Hall–Kier alpha value is -1.10. The third kappa shape index (κ3) is 2.44. The smallest absolute Gasteiger partial charge is 0.311 e. The molecule has 0 saturated carbocycles. The molecule has 1 unspecified atom stereocenters. The van der Waals surface area contributed by atoms with Gasteiger partial charge in [0.05, 0.1) is 12.5 Å². The van der Waals surface area contributed by atoms with E-state index in [1.807, 2.05) is 6.92 Å². The molecule has 5 heteroatoms. The molecular weight excluding hydrogens is 220 g/mol. The number of carbonyl (C=O) groups excluding carboxylic acids is 2. The normalized spacial score (nSPS) is 27.6. The van der Waals surface area contributed by atoms with Gasteiger partial charge in [-0.3, -0.25) is 9.59 Å². The zero-order valence-electron chi connectivity index (χ0n) is 10.3. The van der Waals surface area contributed by atoms with E-state index in [0.29, 0.717) is 19.6 Å². The first-order valence-corrected chi connectivity index (χ1v) is 6.32. The van der Waals surface area contributed by atoms with Gasteiger partial charge in [0.15, 0.2) is 0 Å². The summed E-state index contributed by atoms with van der Waals surface area (Å²) in [5.74, 6) is -0.274. The van der Waals surface area contributed by atoms with Gasteiger partial charge in [-0.25, -0.2) is 0 Å². The van der Waals surface area contributed by atoms with Crippen LogP contribution in [0.1, 0.15) is 26.2 Å². The molecule has 2 N–H and O–H groups in total. The minimum absolute atomic E-state index is 0.0625. The van der Waals surface area contributed by atoms with Crippen LogP contribution in [-0.4, -0.2) is 38.1 Å². The van der Waals surface area contributed by atoms with Crippen LogP contribution >= 0.6 is 0 Å². The Morgan fingerprint density at radius 1 is 1.47 bits per heavy atom. The van der Waals surface area contributed by atoms with E-state index < -0.39 is 0 Å². The second-order valence-electron chi connectivity index (χ2n) is 4.90. The van der Waals surface area contributed by atoms with Gasteiger partial charge in [-0.15, -0.1) is 0 Å². The number of ether oxygens (including phenoxy) is 1. The van der Waals surface area contributed by atoms with Crippen LogP contribution in [0.15, 0.2) is 0 Å². The van der Waals surface area contributed by atoms with E-state index in [4.69, 9.17) is 4.74 Å². The van der Waals surface area contributed by atoms with E-state index in [-0.39, 0.29) is 23.2 Å². The Bertz CT molecular complexity index is 311. The maximum atomic E-state index is 12.0. The lowest BCUT2D eigenvalue weighted by Gasteiger charge is -2.45. The molecule has 1 spiro atoms. The quantitative estimate of drug-likeness (QED) is 0.670. The average Bonchev–Trinajstić information content (AvgIpc) is 2.30. The van der Waals surface area contributed by atoms with Gasteiger partial charge in [0.2, 0.25) is 5.91 Å². The van der Waals surface area contributed by atoms with Crippen molar-refractivity contribution >= 4 is 11.9 Å².